The van der Waals surface area contributed by atoms with Crippen molar-refractivity contribution in [2.45, 2.75) is 26.7 Å². The number of hydrogen-bond acceptors (Lipinski definition) is 4. The third-order valence-corrected chi connectivity index (χ3v) is 5.25. The van der Waals surface area contributed by atoms with Crippen LogP contribution in [-0.2, 0) is 0 Å². The van der Waals surface area contributed by atoms with Gasteiger partial charge in [-0.1, -0.05) is 29.8 Å². The lowest BCUT2D eigenvalue weighted by Gasteiger charge is -2.17. The molecule has 1 fully saturated rings. The number of ketones is 1. The summed E-state index contributed by atoms with van der Waals surface area (Å²) in [6.45, 7) is 5.79. The van der Waals surface area contributed by atoms with E-state index >= 15 is 0 Å². The van der Waals surface area contributed by atoms with Crippen LogP contribution in [0.5, 0.6) is 0 Å². The van der Waals surface area contributed by atoms with E-state index in [0.29, 0.717) is 11.2 Å². The van der Waals surface area contributed by atoms with E-state index < -0.39 is 5.63 Å². The molecule has 4 heteroatoms. The SMILES string of the molecule is C/C(=C\c1ccc(C)cc1)C(=O)c1cc2ccc(N3CCCC3)cc2oc1=O. The third-order valence-electron chi connectivity index (χ3n) is 5.25. The molecular weight excluding hydrogens is 350 g/mol. The van der Waals surface area contributed by atoms with Crippen LogP contribution in [0.3, 0.4) is 0 Å². The number of fused-ring (bicyclic) bond motifs is 1. The monoisotopic (exact) mass is 373 g/mol. The maximum atomic E-state index is 12.8. The molecule has 2 aromatic carbocycles. The molecule has 0 N–H and O–H groups in total. The van der Waals surface area contributed by atoms with Crippen LogP contribution in [0, 0.1) is 6.92 Å². The zero-order valence-corrected chi connectivity index (χ0v) is 16.2. The van der Waals surface area contributed by atoms with Crippen molar-refractivity contribution < 1.29 is 9.21 Å². The third kappa shape index (κ3) is 3.63. The molecular formula is C24H23NO3. The summed E-state index contributed by atoms with van der Waals surface area (Å²) < 4.78 is 5.50. The van der Waals surface area contributed by atoms with Crippen molar-refractivity contribution in [1.82, 2.24) is 0 Å². The number of nitrogens with zero attached hydrogens (tertiary/aromatic N) is 1. The second-order valence-electron chi connectivity index (χ2n) is 7.43. The first-order chi connectivity index (χ1) is 13.5. The maximum absolute atomic E-state index is 12.8. The Bertz CT molecular complexity index is 1120. The molecule has 28 heavy (non-hydrogen) atoms. The van der Waals surface area contributed by atoms with Gasteiger partial charge in [0.2, 0.25) is 0 Å². The normalized spacial score (nSPS) is 14.6. The molecule has 4 rings (SSSR count). The Morgan fingerprint density at radius 2 is 1.75 bits per heavy atom. The van der Waals surface area contributed by atoms with Gasteiger partial charge in [-0.15, -0.1) is 0 Å². The minimum absolute atomic E-state index is 0.0716. The Hall–Kier alpha value is -3.14. The number of allylic oxidation sites excluding steroid dienone is 1. The molecule has 0 spiro atoms. The van der Waals surface area contributed by atoms with Gasteiger partial charge in [0, 0.05) is 30.2 Å². The Balaban J connectivity index is 1.66. The molecule has 142 valence electrons. The van der Waals surface area contributed by atoms with Crippen LogP contribution >= 0.6 is 0 Å². The average molecular weight is 373 g/mol. The summed E-state index contributed by atoms with van der Waals surface area (Å²) in [5.74, 6) is -0.306. The van der Waals surface area contributed by atoms with Crippen molar-refractivity contribution in [3.8, 4) is 0 Å². The van der Waals surface area contributed by atoms with Gasteiger partial charge < -0.3 is 9.32 Å². The van der Waals surface area contributed by atoms with Crippen LogP contribution in [0.2, 0.25) is 0 Å². The molecule has 0 radical (unpaired) electrons. The lowest BCUT2D eigenvalue weighted by atomic mass is 10.0. The smallest absolute Gasteiger partial charge is 0.347 e. The molecule has 1 saturated heterocycles. The Morgan fingerprint density at radius 1 is 1.04 bits per heavy atom. The van der Waals surface area contributed by atoms with Gasteiger partial charge in [0.25, 0.3) is 0 Å². The summed E-state index contributed by atoms with van der Waals surface area (Å²) in [5, 5.41) is 0.758. The minimum Gasteiger partial charge on any atom is -0.422 e. The first-order valence-electron chi connectivity index (χ1n) is 9.64. The predicted octanol–water partition coefficient (Wildman–Crippen LogP) is 4.99. The minimum atomic E-state index is -0.590. The van der Waals surface area contributed by atoms with E-state index in [1.165, 1.54) is 12.8 Å². The number of hydrogen-bond donors (Lipinski definition) is 0. The second-order valence-corrected chi connectivity index (χ2v) is 7.43. The summed E-state index contributed by atoms with van der Waals surface area (Å²) in [6.07, 6.45) is 4.16. The lowest BCUT2D eigenvalue weighted by Crippen LogP contribution is -2.18. The molecule has 0 aliphatic carbocycles. The van der Waals surface area contributed by atoms with E-state index in [0.717, 1.165) is 35.3 Å². The number of anilines is 1. The highest BCUT2D eigenvalue weighted by Crippen LogP contribution is 2.25. The van der Waals surface area contributed by atoms with Gasteiger partial charge in [-0.25, -0.2) is 4.79 Å². The largest absolute Gasteiger partial charge is 0.422 e. The van der Waals surface area contributed by atoms with Gasteiger partial charge in [0.15, 0.2) is 5.78 Å². The number of Topliss-reactive ketones (excluding diaryl/α,β-unsaturated/α-hetero) is 1. The maximum Gasteiger partial charge on any atom is 0.347 e. The highest BCUT2D eigenvalue weighted by molar-refractivity contribution is 6.11. The van der Waals surface area contributed by atoms with Gasteiger partial charge in [-0.3, -0.25) is 4.79 Å². The van der Waals surface area contributed by atoms with E-state index in [2.05, 4.69) is 4.90 Å². The fourth-order valence-corrected chi connectivity index (χ4v) is 3.62. The van der Waals surface area contributed by atoms with Gasteiger partial charge in [0.1, 0.15) is 11.1 Å². The van der Waals surface area contributed by atoms with E-state index in [9.17, 15) is 9.59 Å². The van der Waals surface area contributed by atoms with Crippen molar-refractivity contribution in [2.24, 2.45) is 0 Å². The van der Waals surface area contributed by atoms with Crippen LogP contribution in [0.1, 0.15) is 41.3 Å². The lowest BCUT2D eigenvalue weighted by molar-refractivity contribution is 0.103. The zero-order valence-electron chi connectivity index (χ0n) is 16.2. The average Bonchev–Trinajstić information content (AvgIpc) is 3.23. The Kier molecular flexibility index (Phi) is 4.86. The fraction of sp³-hybridized carbons (Fsp3) is 0.250. The van der Waals surface area contributed by atoms with Crippen molar-refractivity contribution in [3.05, 3.63) is 81.2 Å². The van der Waals surface area contributed by atoms with E-state index in [4.69, 9.17) is 4.42 Å². The number of aryl methyl sites for hydroxylation is 1. The first-order valence-corrected chi connectivity index (χ1v) is 9.64. The van der Waals surface area contributed by atoms with Crippen molar-refractivity contribution >= 4 is 28.5 Å². The van der Waals surface area contributed by atoms with Crippen LogP contribution in [0.4, 0.5) is 5.69 Å². The number of carbonyl (C=O) groups is 1. The predicted molar refractivity (Wildman–Crippen MR) is 113 cm³/mol. The number of rotatable bonds is 4. The standard InChI is InChI=1S/C24H23NO3/c1-16-5-7-18(8-6-16)13-17(2)23(26)21-14-19-9-10-20(25-11-3-4-12-25)15-22(19)28-24(21)27/h5-10,13-15H,3-4,11-12H2,1-2H3/b17-13+. The van der Waals surface area contributed by atoms with Gasteiger partial charge >= 0.3 is 5.63 Å². The molecule has 0 amide bonds. The van der Waals surface area contributed by atoms with Gasteiger partial charge in [0.05, 0.1) is 0 Å². The molecule has 0 atom stereocenters. The Labute approximate surface area is 164 Å². The van der Waals surface area contributed by atoms with E-state index in [1.54, 1.807) is 19.1 Å². The fourth-order valence-electron chi connectivity index (χ4n) is 3.62. The second kappa shape index (κ2) is 7.47. The molecule has 1 aliphatic heterocycles. The molecule has 1 aromatic heterocycles. The molecule has 0 unspecified atom stereocenters. The quantitative estimate of drug-likeness (QED) is 0.367. The molecule has 1 aliphatic rings. The van der Waals surface area contributed by atoms with Crippen molar-refractivity contribution in [2.75, 3.05) is 18.0 Å². The molecule has 0 bridgehead atoms. The molecule has 0 saturated carbocycles. The highest BCUT2D eigenvalue weighted by Gasteiger charge is 2.17. The van der Waals surface area contributed by atoms with Gasteiger partial charge in [-0.2, -0.15) is 0 Å². The topological polar surface area (TPSA) is 50.5 Å². The first kappa shape index (κ1) is 18.2. The Morgan fingerprint density at radius 3 is 2.46 bits per heavy atom. The summed E-state index contributed by atoms with van der Waals surface area (Å²) >= 11 is 0. The number of carbonyl (C=O) groups excluding carboxylic acids is 1. The van der Waals surface area contributed by atoms with Crippen LogP contribution in [-0.4, -0.2) is 18.9 Å². The summed E-state index contributed by atoms with van der Waals surface area (Å²) in [7, 11) is 0. The zero-order chi connectivity index (χ0) is 19.7. The molecule has 2 heterocycles. The van der Waals surface area contributed by atoms with E-state index in [1.807, 2.05) is 49.4 Å². The van der Waals surface area contributed by atoms with E-state index in [-0.39, 0.29) is 11.3 Å². The van der Waals surface area contributed by atoms with Gasteiger partial charge in [-0.05, 0) is 62.1 Å². The van der Waals surface area contributed by atoms with Crippen molar-refractivity contribution in [3.63, 3.8) is 0 Å². The molecule has 3 aromatic rings. The van der Waals surface area contributed by atoms with Crippen LogP contribution in [0.15, 0.2) is 63.3 Å². The summed E-state index contributed by atoms with van der Waals surface area (Å²) in [4.78, 5) is 27.6. The van der Waals surface area contributed by atoms with Crippen LogP contribution < -0.4 is 10.5 Å². The van der Waals surface area contributed by atoms with Crippen molar-refractivity contribution in [1.29, 1.82) is 0 Å². The summed E-state index contributed by atoms with van der Waals surface area (Å²) in [5.41, 5.74) is 3.65. The summed E-state index contributed by atoms with van der Waals surface area (Å²) in [6, 6.07) is 15.4. The molecule has 4 nitrogen and oxygen atoms in total. The number of benzene rings is 2. The highest BCUT2D eigenvalue weighted by atomic mass is 16.4. The van der Waals surface area contributed by atoms with Crippen LogP contribution in [0.25, 0.3) is 17.0 Å².